The summed E-state index contributed by atoms with van der Waals surface area (Å²) in [4.78, 5) is 28.1. The summed E-state index contributed by atoms with van der Waals surface area (Å²) in [7, 11) is -0.740. The third-order valence-electron chi connectivity index (χ3n) is 7.16. The van der Waals surface area contributed by atoms with Gasteiger partial charge in [-0.25, -0.2) is 13.2 Å². The fraction of sp³-hybridized carbons (Fsp3) is 0.333. The van der Waals surface area contributed by atoms with Gasteiger partial charge >= 0.3 is 6.03 Å². The van der Waals surface area contributed by atoms with Crippen LogP contribution in [-0.2, 0) is 10.0 Å². The summed E-state index contributed by atoms with van der Waals surface area (Å²) < 4.78 is 39.1. The van der Waals surface area contributed by atoms with E-state index in [0.29, 0.717) is 17.1 Å². The summed E-state index contributed by atoms with van der Waals surface area (Å²) >= 11 is 0. The normalized spacial score (nSPS) is 17.9. The number of methoxy groups -OCH3 is 1. The van der Waals surface area contributed by atoms with Crippen molar-refractivity contribution >= 4 is 33.3 Å². The summed E-state index contributed by atoms with van der Waals surface area (Å²) in [6.07, 6.45) is -0.620. The Morgan fingerprint density at radius 3 is 2.38 bits per heavy atom. The highest BCUT2D eigenvalue weighted by molar-refractivity contribution is 7.89. The quantitative estimate of drug-likeness (QED) is 0.341. The van der Waals surface area contributed by atoms with Crippen molar-refractivity contribution in [2.24, 2.45) is 5.92 Å². The molecule has 1 aliphatic heterocycles. The molecule has 0 saturated carbocycles. The van der Waals surface area contributed by atoms with Crippen molar-refractivity contribution in [1.82, 2.24) is 9.21 Å². The standard InChI is InChI=1S/C30H36N4O7S/c1-20-17-34(21(2)19-35)29(36)26-16-23(32-30(37)31-22-10-13-24(40-4)14-11-22)12-15-27(26)41-28(20)18-33(3)42(38,39)25-8-6-5-7-9-25/h5-16,20-21,28,35H,17-19H2,1-4H3,(H2,31,32,37)/t20-,21-,28-/m1/s1. The number of hydrogen-bond donors (Lipinski definition) is 3. The Balaban J connectivity index is 1.59. The highest BCUT2D eigenvalue weighted by atomic mass is 32.2. The first-order valence-corrected chi connectivity index (χ1v) is 14.9. The van der Waals surface area contributed by atoms with Gasteiger partial charge in [0.1, 0.15) is 17.6 Å². The lowest BCUT2D eigenvalue weighted by atomic mass is 9.99. The molecule has 0 fully saturated rings. The van der Waals surface area contributed by atoms with Gasteiger partial charge in [-0.3, -0.25) is 4.79 Å². The number of aliphatic hydroxyl groups is 1. The van der Waals surface area contributed by atoms with E-state index in [0.717, 1.165) is 0 Å². The number of ether oxygens (including phenoxy) is 2. The molecular formula is C30H36N4O7S. The Kier molecular flexibility index (Phi) is 9.71. The van der Waals surface area contributed by atoms with Gasteiger partial charge in [-0.1, -0.05) is 25.1 Å². The number of aliphatic hydroxyl groups excluding tert-OH is 1. The number of anilines is 2. The van der Waals surface area contributed by atoms with Crippen molar-refractivity contribution in [2.45, 2.75) is 30.9 Å². The number of nitrogens with one attached hydrogen (secondary N) is 2. The SMILES string of the molecule is COc1ccc(NC(=O)Nc2ccc3c(c2)C(=O)N([C@H](C)CO)C[C@@H](C)[C@@H](CN(C)S(=O)(=O)c2ccccc2)O3)cc1. The van der Waals surface area contributed by atoms with E-state index in [2.05, 4.69) is 10.6 Å². The zero-order chi connectivity index (χ0) is 30.4. The van der Waals surface area contributed by atoms with Crippen molar-refractivity contribution in [2.75, 3.05) is 44.5 Å². The maximum Gasteiger partial charge on any atom is 0.323 e. The lowest BCUT2D eigenvalue weighted by Crippen LogP contribution is -2.50. The highest BCUT2D eigenvalue weighted by Gasteiger charge is 2.35. The van der Waals surface area contributed by atoms with Crippen LogP contribution in [0.25, 0.3) is 0 Å². The van der Waals surface area contributed by atoms with Gasteiger partial charge in [0, 0.05) is 30.9 Å². The summed E-state index contributed by atoms with van der Waals surface area (Å²) in [5, 5.41) is 15.4. The number of fused-ring (bicyclic) bond motifs is 1. The van der Waals surface area contributed by atoms with E-state index in [1.54, 1.807) is 73.5 Å². The zero-order valence-electron chi connectivity index (χ0n) is 24.0. The average Bonchev–Trinajstić information content (AvgIpc) is 2.99. The fourth-order valence-corrected chi connectivity index (χ4v) is 5.81. The summed E-state index contributed by atoms with van der Waals surface area (Å²) in [6.45, 7) is 3.60. The highest BCUT2D eigenvalue weighted by Crippen LogP contribution is 2.31. The Bertz CT molecular complexity index is 1500. The van der Waals surface area contributed by atoms with E-state index < -0.39 is 28.2 Å². The maximum absolute atomic E-state index is 13.7. The van der Waals surface area contributed by atoms with Gasteiger partial charge in [0.25, 0.3) is 5.91 Å². The molecule has 11 nitrogen and oxygen atoms in total. The van der Waals surface area contributed by atoms with Crippen LogP contribution in [0.5, 0.6) is 11.5 Å². The van der Waals surface area contributed by atoms with Crippen LogP contribution in [0.2, 0.25) is 0 Å². The van der Waals surface area contributed by atoms with E-state index in [1.165, 1.54) is 29.6 Å². The summed E-state index contributed by atoms with van der Waals surface area (Å²) in [5.74, 6) is 0.247. The molecule has 12 heteroatoms. The molecule has 0 aliphatic carbocycles. The molecule has 224 valence electrons. The lowest BCUT2D eigenvalue weighted by Gasteiger charge is -2.38. The molecule has 3 aromatic carbocycles. The maximum atomic E-state index is 13.7. The van der Waals surface area contributed by atoms with Crippen molar-refractivity contribution in [1.29, 1.82) is 0 Å². The molecule has 3 atom stereocenters. The second kappa shape index (κ2) is 13.2. The summed E-state index contributed by atoms with van der Waals surface area (Å²) in [6, 6.07) is 18.6. The van der Waals surface area contributed by atoms with Gasteiger partial charge in [-0.2, -0.15) is 4.31 Å². The third kappa shape index (κ3) is 7.01. The molecular weight excluding hydrogens is 560 g/mol. The van der Waals surface area contributed by atoms with Crippen LogP contribution in [-0.4, -0.2) is 80.7 Å². The molecule has 0 radical (unpaired) electrons. The average molecular weight is 597 g/mol. The van der Waals surface area contributed by atoms with Crippen LogP contribution in [0.4, 0.5) is 16.2 Å². The number of amides is 3. The predicted molar refractivity (Wildman–Crippen MR) is 159 cm³/mol. The Morgan fingerprint density at radius 1 is 1.10 bits per heavy atom. The Hall–Kier alpha value is -4.13. The van der Waals surface area contributed by atoms with E-state index in [1.807, 2.05) is 6.92 Å². The van der Waals surface area contributed by atoms with Crippen LogP contribution in [0, 0.1) is 5.92 Å². The smallest absolute Gasteiger partial charge is 0.323 e. The van der Waals surface area contributed by atoms with Gasteiger partial charge in [0.15, 0.2) is 0 Å². The number of nitrogens with zero attached hydrogens (tertiary/aromatic N) is 2. The summed E-state index contributed by atoms with van der Waals surface area (Å²) in [5.41, 5.74) is 1.08. The number of benzene rings is 3. The molecule has 42 heavy (non-hydrogen) atoms. The fourth-order valence-electron chi connectivity index (χ4n) is 4.61. The first kappa shape index (κ1) is 30.8. The second-order valence-electron chi connectivity index (χ2n) is 10.2. The van der Waals surface area contributed by atoms with Crippen LogP contribution >= 0.6 is 0 Å². The van der Waals surface area contributed by atoms with Gasteiger partial charge in [0.2, 0.25) is 10.0 Å². The van der Waals surface area contributed by atoms with Crippen LogP contribution in [0.3, 0.4) is 0 Å². The number of carbonyl (C=O) groups is 2. The van der Waals surface area contributed by atoms with Crippen LogP contribution in [0.1, 0.15) is 24.2 Å². The topological polar surface area (TPSA) is 138 Å². The second-order valence-corrected chi connectivity index (χ2v) is 12.3. The van der Waals surface area contributed by atoms with Gasteiger partial charge in [0.05, 0.1) is 36.8 Å². The predicted octanol–water partition coefficient (Wildman–Crippen LogP) is 3.88. The Morgan fingerprint density at radius 2 is 1.74 bits per heavy atom. The van der Waals surface area contributed by atoms with Gasteiger partial charge < -0.3 is 30.1 Å². The van der Waals surface area contributed by atoms with Gasteiger partial charge in [-0.05, 0) is 61.5 Å². The minimum atomic E-state index is -3.78. The van der Waals surface area contributed by atoms with Gasteiger partial charge in [-0.15, -0.1) is 0 Å². The molecule has 3 amide bonds. The minimum Gasteiger partial charge on any atom is -0.497 e. The third-order valence-corrected chi connectivity index (χ3v) is 9.00. The molecule has 1 aliphatic rings. The molecule has 0 aromatic heterocycles. The molecule has 1 heterocycles. The first-order chi connectivity index (χ1) is 20.0. The van der Waals surface area contributed by atoms with E-state index in [-0.39, 0.29) is 47.7 Å². The molecule has 3 N–H and O–H groups in total. The van der Waals surface area contributed by atoms with Crippen molar-refractivity contribution in [3.63, 3.8) is 0 Å². The number of hydrogen-bond acceptors (Lipinski definition) is 7. The lowest BCUT2D eigenvalue weighted by molar-refractivity contribution is 0.0387. The molecule has 0 bridgehead atoms. The minimum absolute atomic E-state index is 0.0254. The zero-order valence-corrected chi connectivity index (χ0v) is 24.8. The monoisotopic (exact) mass is 596 g/mol. The van der Waals surface area contributed by atoms with Crippen LogP contribution in [0.15, 0.2) is 77.7 Å². The number of likely N-dealkylation sites (N-methyl/N-ethyl adjacent to an activating group) is 1. The molecule has 0 spiro atoms. The molecule has 3 aromatic rings. The van der Waals surface area contributed by atoms with E-state index in [4.69, 9.17) is 9.47 Å². The molecule has 0 unspecified atom stereocenters. The van der Waals surface area contributed by atoms with Crippen molar-refractivity contribution < 1.29 is 32.6 Å². The first-order valence-electron chi connectivity index (χ1n) is 13.5. The Labute approximate surface area is 246 Å². The molecule has 4 rings (SSSR count). The van der Waals surface area contributed by atoms with Crippen LogP contribution < -0.4 is 20.1 Å². The van der Waals surface area contributed by atoms with Crippen molar-refractivity contribution in [3.05, 3.63) is 78.4 Å². The largest absolute Gasteiger partial charge is 0.497 e. The number of sulfonamides is 1. The number of carbonyl (C=O) groups excluding carboxylic acids is 2. The number of urea groups is 1. The molecule has 0 saturated heterocycles. The van der Waals surface area contributed by atoms with E-state index >= 15 is 0 Å². The number of rotatable bonds is 9. The van der Waals surface area contributed by atoms with E-state index in [9.17, 15) is 23.1 Å². The van der Waals surface area contributed by atoms with Crippen molar-refractivity contribution in [3.8, 4) is 11.5 Å².